The van der Waals surface area contributed by atoms with Crippen LogP contribution in [0.4, 0.5) is 11.4 Å². The summed E-state index contributed by atoms with van der Waals surface area (Å²) in [6.45, 7) is 9.04. The van der Waals surface area contributed by atoms with Gasteiger partial charge in [-0.25, -0.2) is 0 Å². The molecule has 0 atom stereocenters. The molecule has 2 aromatic rings. The van der Waals surface area contributed by atoms with Gasteiger partial charge in [0.25, 0.3) is 0 Å². The van der Waals surface area contributed by atoms with E-state index < -0.39 is 0 Å². The third-order valence-electron chi connectivity index (χ3n) is 3.25. The van der Waals surface area contributed by atoms with Gasteiger partial charge in [0.1, 0.15) is 5.75 Å². The summed E-state index contributed by atoms with van der Waals surface area (Å²) >= 11 is 0. The molecule has 0 aromatic heterocycles. The minimum Gasteiger partial charge on any atom is -0.494 e. The molecule has 0 saturated heterocycles. The molecular weight excluding hydrogens is 234 g/mol. The Morgan fingerprint density at radius 2 is 1.63 bits per heavy atom. The minimum atomic E-state index is 0.698. The molecule has 0 aliphatic rings. The molecule has 2 heteroatoms. The van der Waals surface area contributed by atoms with E-state index in [-0.39, 0.29) is 0 Å². The number of anilines is 2. The number of para-hydroxylation sites is 1. The number of hydrogen-bond donors (Lipinski definition) is 1. The van der Waals surface area contributed by atoms with Crippen molar-refractivity contribution in [1.82, 2.24) is 0 Å². The van der Waals surface area contributed by atoms with E-state index in [0.717, 1.165) is 11.4 Å². The third-order valence-corrected chi connectivity index (χ3v) is 3.25. The van der Waals surface area contributed by atoms with E-state index in [4.69, 9.17) is 4.74 Å². The van der Waals surface area contributed by atoms with Crippen LogP contribution in [0.1, 0.15) is 23.6 Å². The summed E-state index contributed by atoms with van der Waals surface area (Å²) in [5.74, 6) is 0.923. The van der Waals surface area contributed by atoms with Crippen LogP contribution in [0.2, 0.25) is 0 Å². The first-order valence-electron chi connectivity index (χ1n) is 6.68. The molecule has 0 aliphatic heterocycles. The van der Waals surface area contributed by atoms with Crippen molar-refractivity contribution >= 4 is 11.4 Å². The molecular formula is C17H21NO. The fourth-order valence-electron chi connectivity index (χ4n) is 2.18. The van der Waals surface area contributed by atoms with Gasteiger partial charge in [-0.1, -0.05) is 18.2 Å². The molecule has 100 valence electrons. The first kappa shape index (κ1) is 13.5. The molecule has 2 aromatic carbocycles. The largest absolute Gasteiger partial charge is 0.494 e. The van der Waals surface area contributed by atoms with E-state index in [9.17, 15) is 0 Å². The SMILES string of the molecule is CCOc1ccc(Nc2c(C)cccc2C)c(C)c1. The fraction of sp³-hybridized carbons (Fsp3) is 0.294. The maximum absolute atomic E-state index is 5.51. The van der Waals surface area contributed by atoms with Gasteiger partial charge in [0.15, 0.2) is 0 Å². The van der Waals surface area contributed by atoms with Gasteiger partial charge in [0, 0.05) is 11.4 Å². The first-order chi connectivity index (χ1) is 9.11. The number of hydrogen-bond acceptors (Lipinski definition) is 2. The Balaban J connectivity index is 2.29. The Hall–Kier alpha value is -1.96. The van der Waals surface area contributed by atoms with Crippen LogP contribution in [0.3, 0.4) is 0 Å². The summed E-state index contributed by atoms with van der Waals surface area (Å²) in [5, 5.41) is 3.52. The second kappa shape index (κ2) is 5.79. The average Bonchev–Trinajstić information content (AvgIpc) is 2.37. The van der Waals surface area contributed by atoms with E-state index in [1.54, 1.807) is 0 Å². The Kier molecular flexibility index (Phi) is 4.10. The second-order valence-corrected chi connectivity index (χ2v) is 4.80. The highest BCUT2D eigenvalue weighted by atomic mass is 16.5. The number of ether oxygens (including phenoxy) is 1. The predicted octanol–water partition coefficient (Wildman–Crippen LogP) is 4.75. The van der Waals surface area contributed by atoms with Crippen LogP contribution in [0.5, 0.6) is 5.75 Å². The molecule has 0 amide bonds. The molecule has 2 nitrogen and oxygen atoms in total. The average molecular weight is 255 g/mol. The Bertz CT molecular complexity index is 555. The summed E-state index contributed by atoms with van der Waals surface area (Å²) in [6.07, 6.45) is 0. The van der Waals surface area contributed by atoms with Crippen molar-refractivity contribution in [3.05, 3.63) is 53.1 Å². The molecule has 0 aliphatic carbocycles. The van der Waals surface area contributed by atoms with Crippen LogP contribution < -0.4 is 10.1 Å². The molecule has 2 rings (SSSR count). The van der Waals surface area contributed by atoms with Gasteiger partial charge >= 0.3 is 0 Å². The van der Waals surface area contributed by atoms with Crippen LogP contribution in [0.15, 0.2) is 36.4 Å². The van der Waals surface area contributed by atoms with Crippen molar-refractivity contribution in [2.75, 3.05) is 11.9 Å². The van der Waals surface area contributed by atoms with Crippen molar-refractivity contribution in [2.45, 2.75) is 27.7 Å². The number of aryl methyl sites for hydroxylation is 3. The zero-order chi connectivity index (χ0) is 13.8. The highest BCUT2D eigenvalue weighted by Gasteiger charge is 2.05. The second-order valence-electron chi connectivity index (χ2n) is 4.80. The Morgan fingerprint density at radius 3 is 2.21 bits per heavy atom. The zero-order valence-corrected chi connectivity index (χ0v) is 12.1. The first-order valence-corrected chi connectivity index (χ1v) is 6.68. The fourth-order valence-corrected chi connectivity index (χ4v) is 2.18. The maximum atomic E-state index is 5.51. The monoisotopic (exact) mass is 255 g/mol. The lowest BCUT2D eigenvalue weighted by Gasteiger charge is -2.15. The van der Waals surface area contributed by atoms with Gasteiger partial charge in [-0.05, 0) is 62.6 Å². The topological polar surface area (TPSA) is 21.3 Å². The van der Waals surface area contributed by atoms with Gasteiger partial charge < -0.3 is 10.1 Å². The highest BCUT2D eigenvalue weighted by molar-refractivity contribution is 5.69. The third kappa shape index (κ3) is 3.08. The lowest BCUT2D eigenvalue weighted by Crippen LogP contribution is -1.99. The van der Waals surface area contributed by atoms with Crippen molar-refractivity contribution < 1.29 is 4.74 Å². The lowest BCUT2D eigenvalue weighted by molar-refractivity contribution is 0.340. The van der Waals surface area contributed by atoms with Gasteiger partial charge in [-0.15, -0.1) is 0 Å². The predicted molar refractivity (Wildman–Crippen MR) is 81.5 cm³/mol. The summed E-state index contributed by atoms with van der Waals surface area (Å²) in [6, 6.07) is 12.5. The van der Waals surface area contributed by atoms with Crippen molar-refractivity contribution in [2.24, 2.45) is 0 Å². The van der Waals surface area contributed by atoms with E-state index in [1.165, 1.54) is 22.4 Å². The van der Waals surface area contributed by atoms with Crippen LogP contribution in [0, 0.1) is 20.8 Å². The van der Waals surface area contributed by atoms with Crippen molar-refractivity contribution in [1.29, 1.82) is 0 Å². The van der Waals surface area contributed by atoms with Crippen LogP contribution in [-0.4, -0.2) is 6.61 Å². The molecule has 0 saturated carbocycles. The summed E-state index contributed by atoms with van der Waals surface area (Å²) in [4.78, 5) is 0. The van der Waals surface area contributed by atoms with Gasteiger partial charge in [0.2, 0.25) is 0 Å². The quantitative estimate of drug-likeness (QED) is 0.851. The van der Waals surface area contributed by atoms with E-state index in [2.05, 4.69) is 56.4 Å². The normalized spacial score (nSPS) is 10.3. The van der Waals surface area contributed by atoms with Crippen LogP contribution >= 0.6 is 0 Å². The molecule has 0 unspecified atom stereocenters. The van der Waals surface area contributed by atoms with E-state index >= 15 is 0 Å². The Morgan fingerprint density at radius 1 is 0.947 bits per heavy atom. The summed E-state index contributed by atoms with van der Waals surface area (Å²) in [5.41, 5.74) is 6.02. The van der Waals surface area contributed by atoms with Crippen molar-refractivity contribution in [3.8, 4) is 5.75 Å². The van der Waals surface area contributed by atoms with E-state index in [0.29, 0.717) is 6.61 Å². The molecule has 0 radical (unpaired) electrons. The molecule has 0 spiro atoms. The zero-order valence-electron chi connectivity index (χ0n) is 12.1. The molecule has 0 bridgehead atoms. The standard InChI is InChI=1S/C17H21NO/c1-5-19-15-9-10-16(14(4)11-15)18-17-12(2)7-6-8-13(17)3/h6-11,18H,5H2,1-4H3. The molecule has 0 heterocycles. The lowest BCUT2D eigenvalue weighted by atomic mass is 10.1. The summed E-state index contributed by atoms with van der Waals surface area (Å²) < 4.78 is 5.51. The molecule has 19 heavy (non-hydrogen) atoms. The van der Waals surface area contributed by atoms with Gasteiger partial charge in [-0.2, -0.15) is 0 Å². The minimum absolute atomic E-state index is 0.698. The Labute approximate surface area is 115 Å². The van der Waals surface area contributed by atoms with Crippen LogP contribution in [-0.2, 0) is 0 Å². The van der Waals surface area contributed by atoms with Crippen LogP contribution in [0.25, 0.3) is 0 Å². The van der Waals surface area contributed by atoms with Gasteiger partial charge in [-0.3, -0.25) is 0 Å². The molecule has 0 fully saturated rings. The molecule has 1 N–H and O–H groups in total. The number of benzene rings is 2. The maximum Gasteiger partial charge on any atom is 0.119 e. The number of rotatable bonds is 4. The summed E-state index contributed by atoms with van der Waals surface area (Å²) in [7, 11) is 0. The van der Waals surface area contributed by atoms with Gasteiger partial charge in [0.05, 0.1) is 6.61 Å². The number of nitrogens with one attached hydrogen (secondary N) is 1. The van der Waals surface area contributed by atoms with E-state index in [1.807, 2.05) is 13.0 Å². The smallest absolute Gasteiger partial charge is 0.119 e. The van der Waals surface area contributed by atoms with Crippen molar-refractivity contribution in [3.63, 3.8) is 0 Å². The highest BCUT2D eigenvalue weighted by Crippen LogP contribution is 2.28.